The zero-order chi connectivity index (χ0) is 104. The molecule has 0 aromatic heterocycles. The summed E-state index contributed by atoms with van der Waals surface area (Å²) in [5.74, 6) is -6.38. The Balaban J connectivity index is -0.000000204. The summed E-state index contributed by atoms with van der Waals surface area (Å²) in [4.78, 5) is 0. The van der Waals surface area contributed by atoms with Gasteiger partial charge in [-0.25, -0.2) is 0 Å². The minimum absolute atomic E-state index is 0. The van der Waals surface area contributed by atoms with Crippen molar-refractivity contribution in [3.8, 4) is 0 Å². The fourth-order valence-electron chi connectivity index (χ4n) is 15.3. The maximum absolute atomic E-state index is 12.3. The maximum Gasteiger partial charge on any atom is 0.400 e. The van der Waals surface area contributed by atoms with Crippen molar-refractivity contribution in [2.24, 2.45) is 17.8 Å². The van der Waals surface area contributed by atoms with Gasteiger partial charge in [0.2, 0.25) is 0 Å². The molecule has 44 heteroatoms. The Bertz CT molecular complexity index is 2530. The molecule has 22 unspecified atom stereocenters. The molecule has 0 aromatic carbocycles. The van der Waals surface area contributed by atoms with Crippen LogP contribution in [-0.2, 0) is 109 Å². The SMILES string of the molecule is C.C.C.C.C.C.C.C.CC(COCC1CO1)OCCCC(C(F)(F)F)C(F)(F)F.CC(COCC1CO1)OCCCC(F)(F)F.CC(O)COCCCC(C(F)(F)F)C(F)(F)F.CC(O)COCCCC(F)(F)F.CC1CO1.COC1CCC(C(O)COCC2CO2)CC1OC.COC1CCCCC1OC.COC1CCCCC1OC.COC1CCCCC1OC.COC1CCCCC1OC.COC1CCCCC1OC. The highest BCUT2D eigenvalue weighted by atomic mass is 19.4. The molecular formula is C102H204F18O26. The molecule has 6 saturated carbocycles. The minimum atomic E-state index is -5.29. The number of halogens is 18. The van der Waals surface area contributed by atoms with Crippen molar-refractivity contribution in [2.75, 3.05) is 191 Å². The smallest absolute Gasteiger partial charge is 0.391 e. The summed E-state index contributed by atoms with van der Waals surface area (Å²) < 4.78 is 335. The molecule has 6 aliphatic carbocycles. The Morgan fingerprint density at radius 1 is 0.274 bits per heavy atom. The van der Waals surface area contributed by atoms with Gasteiger partial charge in [0, 0.05) is 125 Å². The number of aliphatic hydroxyl groups is 3. The van der Waals surface area contributed by atoms with Crippen LogP contribution in [0.2, 0.25) is 0 Å². The van der Waals surface area contributed by atoms with E-state index in [4.69, 9.17) is 114 Å². The zero-order valence-corrected chi connectivity index (χ0v) is 84.6. The third-order valence-corrected chi connectivity index (χ3v) is 23.6. The van der Waals surface area contributed by atoms with E-state index in [2.05, 4.69) is 11.7 Å². The first kappa shape index (κ1) is 161. The third-order valence-electron chi connectivity index (χ3n) is 23.6. The highest BCUT2D eigenvalue weighted by Crippen LogP contribution is 2.44. The van der Waals surface area contributed by atoms with E-state index in [0.717, 1.165) is 103 Å². The van der Waals surface area contributed by atoms with Crippen molar-refractivity contribution in [1.82, 2.24) is 0 Å². The van der Waals surface area contributed by atoms with Gasteiger partial charge in [-0.3, -0.25) is 0 Å². The Kier molecular flexibility index (Phi) is 103. The topological polar surface area (TPSA) is 286 Å². The summed E-state index contributed by atoms with van der Waals surface area (Å²) in [6.07, 6.45) is -4.09. The van der Waals surface area contributed by atoms with Crippen LogP contribution in [0.15, 0.2) is 0 Å². The lowest BCUT2D eigenvalue weighted by molar-refractivity contribution is -0.287. The first-order valence-electron chi connectivity index (χ1n) is 48.4. The molecule has 4 saturated heterocycles. The average molecular weight is 2190 g/mol. The predicted octanol–water partition coefficient (Wildman–Crippen LogP) is 24.1. The number of rotatable bonds is 45. The third kappa shape index (κ3) is 86.9. The second kappa shape index (κ2) is 92.8. The van der Waals surface area contributed by atoms with Crippen LogP contribution in [-0.4, -0.2) is 372 Å². The van der Waals surface area contributed by atoms with Gasteiger partial charge in [0.15, 0.2) is 11.8 Å². The fraction of sp³-hybridized carbons (Fsp3) is 1.00. The highest BCUT2D eigenvalue weighted by molar-refractivity contribution is 4.86. The number of hydrogen-bond acceptors (Lipinski definition) is 26. The van der Waals surface area contributed by atoms with Crippen molar-refractivity contribution in [3.63, 3.8) is 0 Å². The van der Waals surface area contributed by atoms with E-state index >= 15 is 0 Å². The summed E-state index contributed by atoms with van der Waals surface area (Å²) in [6, 6.07) is 0. The zero-order valence-electron chi connectivity index (χ0n) is 84.6. The molecule has 4 heterocycles. The number of hydrogen-bond donors (Lipinski definition) is 3. The van der Waals surface area contributed by atoms with Crippen molar-refractivity contribution >= 4 is 0 Å². The lowest BCUT2D eigenvalue weighted by atomic mass is 9.82. The van der Waals surface area contributed by atoms with Gasteiger partial charge in [0.05, 0.1) is 189 Å². The Morgan fingerprint density at radius 3 is 0.699 bits per heavy atom. The number of aliphatic hydroxyl groups excluding tert-OH is 3. The first-order chi connectivity index (χ1) is 65.1. The van der Waals surface area contributed by atoms with Gasteiger partial charge < -0.3 is 124 Å². The van der Waals surface area contributed by atoms with E-state index in [9.17, 15) is 84.1 Å². The minimum Gasteiger partial charge on any atom is -0.391 e. The number of epoxide rings is 4. The summed E-state index contributed by atoms with van der Waals surface area (Å²) in [5.41, 5.74) is 0. The molecule has 10 fully saturated rings. The van der Waals surface area contributed by atoms with Gasteiger partial charge in [-0.05, 0) is 163 Å². The van der Waals surface area contributed by atoms with Gasteiger partial charge in [-0.2, -0.15) is 79.0 Å². The van der Waals surface area contributed by atoms with Crippen molar-refractivity contribution < 1.29 is 203 Å². The Hall–Kier alpha value is -2.30. The largest absolute Gasteiger partial charge is 0.400 e. The maximum atomic E-state index is 12.3. The summed E-state index contributed by atoms with van der Waals surface area (Å²) in [7, 11) is 21.1. The molecule has 0 amide bonds. The molecular weight excluding hydrogens is 1980 g/mol. The molecule has 22 atom stereocenters. The molecule has 0 aromatic rings. The molecule has 894 valence electrons. The van der Waals surface area contributed by atoms with Crippen LogP contribution >= 0.6 is 0 Å². The van der Waals surface area contributed by atoms with E-state index in [-0.39, 0.29) is 180 Å². The van der Waals surface area contributed by atoms with Crippen LogP contribution in [0.5, 0.6) is 0 Å². The first-order valence-corrected chi connectivity index (χ1v) is 48.4. The molecule has 146 heavy (non-hydrogen) atoms. The molecule has 0 spiro atoms. The molecule has 0 radical (unpaired) electrons. The van der Waals surface area contributed by atoms with Gasteiger partial charge in [0.25, 0.3) is 0 Å². The van der Waals surface area contributed by atoms with Crippen LogP contribution < -0.4 is 0 Å². The van der Waals surface area contributed by atoms with E-state index in [0.29, 0.717) is 107 Å². The molecule has 10 aliphatic rings. The van der Waals surface area contributed by atoms with Crippen molar-refractivity contribution in [3.05, 3.63) is 0 Å². The number of alkyl halides is 18. The Labute approximate surface area is 867 Å². The van der Waals surface area contributed by atoms with E-state index < -0.39 is 92.9 Å². The van der Waals surface area contributed by atoms with Crippen molar-refractivity contribution in [1.29, 1.82) is 0 Å². The summed E-state index contributed by atoms with van der Waals surface area (Å²) >= 11 is 0. The fourth-order valence-corrected chi connectivity index (χ4v) is 15.3. The molecule has 3 N–H and O–H groups in total. The standard InChI is InChI=1S/C13H24O5.C12H18F6O3.C10H17F3O3.C9H14F6O2.5C8H16O2.C7H13F3O2.C3H6O.8CH4/c1-15-12-4-3-9(5-13(12)16-2)11(14)8-17-6-10-7-18-10;1-8(5-19-6-9-7-21-9)20-4-2-3-10(11(13,14)15)12(16,17)18;1-8(5-14-6-9-7-16-9)15-4-2-3-10(11,12)13;1-6(16)5-17-4-2-3-7(8(10,11)12)9(13,14)15;5*1-9-7-5-3-4-6-8(7)10-2;1-6(11)5-12-4-2-3-7(8,9)10;1-3-2-4-3;;;;;;;;/h9-14H,3-8H2,1-2H3;8-10H,2-7H2,1H3;8-9H,2-7H2,1H3;6-7,16H,2-5H2,1H3;5*7-8H,3-6H2,1-2H3;6,11H,2-5H2,1H3;3H,2H2,1H3;8*1H4. The molecule has 26 nitrogen and oxygen atoms in total. The summed E-state index contributed by atoms with van der Waals surface area (Å²) in [6.45, 7) is 13.8. The Morgan fingerprint density at radius 2 is 0.486 bits per heavy atom. The van der Waals surface area contributed by atoms with Crippen LogP contribution in [0.4, 0.5) is 79.0 Å². The van der Waals surface area contributed by atoms with Crippen molar-refractivity contribution in [2.45, 2.75) is 458 Å². The number of ether oxygens (including phenoxy) is 23. The van der Waals surface area contributed by atoms with Crippen LogP contribution in [0.1, 0.15) is 293 Å². The predicted molar refractivity (Wildman–Crippen MR) is 532 cm³/mol. The second-order valence-corrected chi connectivity index (χ2v) is 35.7. The molecule has 0 bridgehead atoms. The van der Waals surface area contributed by atoms with Crippen LogP contribution in [0.25, 0.3) is 0 Å². The van der Waals surface area contributed by atoms with E-state index in [1.165, 1.54) is 78.1 Å². The van der Waals surface area contributed by atoms with E-state index in [1.807, 2.05) is 0 Å². The van der Waals surface area contributed by atoms with Gasteiger partial charge in [-0.1, -0.05) is 124 Å². The quantitative estimate of drug-likeness (QED) is 0.0290. The van der Waals surface area contributed by atoms with Gasteiger partial charge in [0.1, 0.15) is 18.3 Å². The van der Waals surface area contributed by atoms with Crippen LogP contribution in [0, 0.1) is 17.8 Å². The monoisotopic (exact) mass is 2190 g/mol. The molecule has 10 rings (SSSR count). The lowest BCUT2D eigenvalue weighted by Crippen LogP contribution is -2.41. The molecule has 4 aliphatic heterocycles. The van der Waals surface area contributed by atoms with E-state index in [1.54, 1.807) is 99.2 Å². The lowest BCUT2D eigenvalue weighted by Gasteiger charge is -2.36. The second-order valence-electron chi connectivity index (χ2n) is 35.7. The highest BCUT2D eigenvalue weighted by Gasteiger charge is 2.57. The average Bonchev–Trinajstić information content (AvgIpc) is 1.78. The van der Waals surface area contributed by atoms with Gasteiger partial charge in [-0.15, -0.1) is 0 Å². The van der Waals surface area contributed by atoms with Gasteiger partial charge >= 0.3 is 37.1 Å². The normalized spacial score (nSPS) is 25.8. The number of methoxy groups -OCH3 is 12. The summed E-state index contributed by atoms with van der Waals surface area (Å²) in [5, 5.41) is 27.5. The van der Waals surface area contributed by atoms with Crippen LogP contribution in [0.3, 0.4) is 0 Å².